The molecule has 4 atom stereocenters. The number of rotatable bonds is 6. The molecule has 1 aliphatic carbocycles. The van der Waals surface area contributed by atoms with E-state index in [9.17, 15) is 30.0 Å². The number of hydrogen-bond donors (Lipinski definition) is 5. The van der Waals surface area contributed by atoms with E-state index in [0.717, 1.165) is 6.08 Å². The number of aliphatic hydroxyl groups is 3. The lowest BCUT2D eigenvalue weighted by atomic mass is 9.79. The summed E-state index contributed by atoms with van der Waals surface area (Å²) in [6.07, 6.45) is -3.35. The van der Waals surface area contributed by atoms with Crippen molar-refractivity contribution in [1.82, 2.24) is 0 Å². The first-order valence-electron chi connectivity index (χ1n) is 8.27. The molecule has 0 aromatic heterocycles. The normalized spacial score (nSPS) is 27.4. The minimum absolute atomic E-state index is 0.115. The molecule has 154 valence electrons. The van der Waals surface area contributed by atoms with Gasteiger partial charge in [-0.2, -0.15) is 0 Å². The zero-order chi connectivity index (χ0) is 21.1. The molecule has 0 radical (unpaired) electrons. The van der Waals surface area contributed by atoms with Gasteiger partial charge in [-0.15, -0.1) is 0 Å². The number of ether oxygens (including phenoxy) is 3. The monoisotopic (exact) mass is 398 g/mol. The molecule has 10 nitrogen and oxygen atoms in total. The molecule has 0 saturated heterocycles. The molecule has 1 aliphatic rings. The van der Waals surface area contributed by atoms with E-state index in [4.69, 9.17) is 19.3 Å². The van der Waals surface area contributed by atoms with Crippen LogP contribution in [0.1, 0.15) is 18.4 Å². The summed E-state index contributed by atoms with van der Waals surface area (Å²) in [6.45, 7) is 0. The lowest BCUT2D eigenvalue weighted by Gasteiger charge is -2.39. The second-order valence-electron chi connectivity index (χ2n) is 6.39. The minimum Gasteiger partial charge on any atom is -0.502 e. The quantitative estimate of drug-likeness (QED) is 0.316. The molecule has 0 heterocycles. The van der Waals surface area contributed by atoms with Gasteiger partial charge in [0.1, 0.15) is 12.2 Å². The number of carboxylic acid groups (broad SMARTS) is 1. The summed E-state index contributed by atoms with van der Waals surface area (Å²) in [7, 11) is 2.69. The average Bonchev–Trinajstić information content (AvgIpc) is 2.64. The van der Waals surface area contributed by atoms with Crippen LogP contribution < -0.4 is 9.47 Å². The van der Waals surface area contributed by atoms with E-state index in [0.29, 0.717) is 5.56 Å². The maximum absolute atomic E-state index is 12.1. The van der Waals surface area contributed by atoms with Crippen LogP contribution in [0.4, 0.5) is 0 Å². The van der Waals surface area contributed by atoms with Gasteiger partial charge in [0, 0.05) is 18.9 Å². The van der Waals surface area contributed by atoms with E-state index in [1.54, 1.807) is 0 Å². The third-order valence-corrected chi connectivity index (χ3v) is 4.44. The first-order chi connectivity index (χ1) is 13.1. The number of carbonyl (C=O) groups excluding carboxylic acids is 1. The van der Waals surface area contributed by atoms with E-state index in [-0.39, 0.29) is 17.2 Å². The molecule has 1 fully saturated rings. The highest BCUT2D eigenvalue weighted by Crippen LogP contribution is 2.37. The van der Waals surface area contributed by atoms with E-state index in [2.05, 4.69) is 0 Å². The molecule has 5 N–H and O–H groups in total. The second kappa shape index (κ2) is 8.46. The zero-order valence-electron chi connectivity index (χ0n) is 15.2. The molecule has 2 rings (SSSR count). The fraction of sp³-hybridized carbons (Fsp3) is 0.444. The lowest BCUT2D eigenvalue weighted by Crippen LogP contribution is -2.57. The Balaban J connectivity index is 2.14. The Morgan fingerprint density at radius 2 is 1.71 bits per heavy atom. The summed E-state index contributed by atoms with van der Waals surface area (Å²) in [6, 6.07) is 2.87. The van der Waals surface area contributed by atoms with Crippen molar-refractivity contribution in [2.24, 2.45) is 0 Å². The molecule has 0 bridgehead atoms. The van der Waals surface area contributed by atoms with E-state index in [1.807, 2.05) is 0 Å². The van der Waals surface area contributed by atoms with E-state index in [1.165, 1.54) is 32.4 Å². The number of methoxy groups -OCH3 is 2. The van der Waals surface area contributed by atoms with Gasteiger partial charge in [0.2, 0.25) is 5.75 Å². The third-order valence-electron chi connectivity index (χ3n) is 4.44. The van der Waals surface area contributed by atoms with Crippen LogP contribution >= 0.6 is 0 Å². The highest BCUT2D eigenvalue weighted by molar-refractivity contribution is 5.87. The minimum atomic E-state index is -2.31. The Labute approximate surface area is 160 Å². The fourth-order valence-electron chi connectivity index (χ4n) is 2.90. The van der Waals surface area contributed by atoms with Crippen LogP contribution in [0.2, 0.25) is 0 Å². The molecule has 0 amide bonds. The van der Waals surface area contributed by atoms with Gasteiger partial charge in [0.25, 0.3) is 0 Å². The SMILES string of the molecule is COc1cc(/C=C/C(=O)O[C@@H]2C[C@](O)(C(=O)O)C[C@@H](O)[C@H]2O)cc(OC)c1O. The van der Waals surface area contributed by atoms with Crippen molar-refractivity contribution in [3.05, 3.63) is 23.8 Å². The van der Waals surface area contributed by atoms with Crippen molar-refractivity contribution in [2.45, 2.75) is 36.8 Å². The van der Waals surface area contributed by atoms with Crippen molar-refractivity contribution >= 4 is 18.0 Å². The van der Waals surface area contributed by atoms with Crippen molar-refractivity contribution < 1.29 is 49.3 Å². The Morgan fingerprint density at radius 1 is 1.14 bits per heavy atom. The Bertz CT molecular complexity index is 749. The van der Waals surface area contributed by atoms with Crippen LogP contribution in [-0.4, -0.2) is 75.6 Å². The van der Waals surface area contributed by atoms with Crippen LogP contribution in [0.15, 0.2) is 18.2 Å². The predicted octanol–water partition coefficient (Wildman–Crippen LogP) is -0.334. The van der Waals surface area contributed by atoms with Crippen molar-refractivity contribution in [3.8, 4) is 17.2 Å². The number of aromatic hydroxyl groups is 1. The summed E-state index contributed by atoms with van der Waals surface area (Å²) in [5.41, 5.74) is -1.89. The zero-order valence-corrected chi connectivity index (χ0v) is 15.2. The van der Waals surface area contributed by atoms with Gasteiger partial charge >= 0.3 is 11.9 Å². The molecule has 10 heteroatoms. The topological polar surface area (TPSA) is 163 Å². The standard InChI is InChI=1S/C18H22O10/c1-26-11-5-9(6-12(27-2)16(11)22)3-4-14(20)28-13-8-18(25,17(23)24)7-10(19)15(13)21/h3-6,10,13,15,19,21-22,25H,7-8H2,1-2H3,(H,23,24)/b4-3+/t10-,13-,15-,18+/m1/s1. The molecular weight excluding hydrogens is 376 g/mol. The number of hydrogen-bond acceptors (Lipinski definition) is 9. The summed E-state index contributed by atoms with van der Waals surface area (Å²) >= 11 is 0. The first kappa shape index (κ1) is 21.5. The Hall–Kier alpha value is -2.82. The number of aliphatic hydroxyl groups excluding tert-OH is 2. The lowest BCUT2D eigenvalue weighted by molar-refractivity contribution is -0.196. The van der Waals surface area contributed by atoms with E-state index >= 15 is 0 Å². The van der Waals surface area contributed by atoms with Gasteiger partial charge in [0.15, 0.2) is 17.1 Å². The number of carbonyl (C=O) groups is 2. The molecular formula is C18H22O10. The number of benzene rings is 1. The Kier molecular flexibility index (Phi) is 6.49. The Morgan fingerprint density at radius 3 is 2.21 bits per heavy atom. The number of esters is 1. The highest BCUT2D eigenvalue weighted by atomic mass is 16.6. The largest absolute Gasteiger partial charge is 0.502 e. The molecule has 1 saturated carbocycles. The molecule has 0 spiro atoms. The number of aliphatic carboxylic acids is 1. The fourth-order valence-corrected chi connectivity index (χ4v) is 2.90. The maximum Gasteiger partial charge on any atom is 0.335 e. The van der Waals surface area contributed by atoms with Crippen LogP contribution in [0.25, 0.3) is 6.08 Å². The molecule has 28 heavy (non-hydrogen) atoms. The predicted molar refractivity (Wildman–Crippen MR) is 94.0 cm³/mol. The van der Waals surface area contributed by atoms with Crippen molar-refractivity contribution in [2.75, 3.05) is 14.2 Å². The van der Waals surface area contributed by atoms with Gasteiger partial charge in [-0.25, -0.2) is 9.59 Å². The van der Waals surface area contributed by atoms with Gasteiger partial charge in [-0.1, -0.05) is 0 Å². The van der Waals surface area contributed by atoms with Gasteiger partial charge in [0.05, 0.1) is 20.3 Å². The number of phenolic OH excluding ortho intramolecular Hbond substituents is 1. The van der Waals surface area contributed by atoms with Gasteiger partial charge < -0.3 is 39.7 Å². The maximum atomic E-state index is 12.1. The van der Waals surface area contributed by atoms with Gasteiger partial charge in [-0.05, 0) is 23.8 Å². The molecule has 0 aliphatic heterocycles. The van der Waals surface area contributed by atoms with Crippen molar-refractivity contribution in [3.63, 3.8) is 0 Å². The summed E-state index contributed by atoms with van der Waals surface area (Å²) < 4.78 is 15.0. The number of phenols is 1. The van der Waals surface area contributed by atoms with Crippen LogP contribution in [0.5, 0.6) is 17.2 Å². The summed E-state index contributed by atoms with van der Waals surface area (Å²) in [5.74, 6) is -2.50. The first-order valence-corrected chi connectivity index (χ1v) is 8.27. The highest BCUT2D eigenvalue weighted by Gasteiger charge is 2.50. The summed E-state index contributed by atoms with van der Waals surface area (Å²) in [5, 5.41) is 48.7. The molecule has 1 aromatic carbocycles. The molecule has 0 unspecified atom stereocenters. The third kappa shape index (κ3) is 4.53. The smallest absolute Gasteiger partial charge is 0.335 e. The molecule has 1 aromatic rings. The average molecular weight is 398 g/mol. The summed E-state index contributed by atoms with van der Waals surface area (Å²) in [4.78, 5) is 23.2. The van der Waals surface area contributed by atoms with Crippen LogP contribution in [0, 0.1) is 0 Å². The van der Waals surface area contributed by atoms with Crippen LogP contribution in [0.3, 0.4) is 0 Å². The van der Waals surface area contributed by atoms with Crippen molar-refractivity contribution in [1.29, 1.82) is 0 Å². The second-order valence-corrected chi connectivity index (χ2v) is 6.39. The number of carboxylic acids is 1. The van der Waals surface area contributed by atoms with Gasteiger partial charge in [-0.3, -0.25) is 0 Å². The van der Waals surface area contributed by atoms with Crippen LogP contribution in [-0.2, 0) is 14.3 Å². The van der Waals surface area contributed by atoms with E-state index < -0.39 is 48.7 Å².